The molecule has 0 radical (unpaired) electrons. The van der Waals surface area contributed by atoms with Gasteiger partial charge in [-0.25, -0.2) is 0 Å². The monoisotopic (exact) mass is 377 g/mol. The Labute approximate surface area is 92.7 Å². The standard InChI is InChI=1S/C6H5BrIN.BrH/c7-4-6-5(8)2-1-3-9-6;/h1-3H,4H2;1H. The van der Waals surface area contributed by atoms with Crippen LogP contribution < -0.4 is 0 Å². The zero-order valence-corrected chi connectivity index (χ0v) is 10.5. The molecule has 0 fully saturated rings. The molecule has 0 aromatic carbocycles. The van der Waals surface area contributed by atoms with Gasteiger partial charge in [-0.05, 0) is 34.7 Å². The summed E-state index contributed by atoms with van der Waals surface area (Å²) in [6.07, 6.45) is 1.80. The molecule has 0 N–H and O–H groups in total. The summed E-state index contributed by atoms with van der Waals surface area (Å²) in [7, 11) is 0. The lowest BCUT2D eigenvalue weighted by Gasteiger charge is -1.94. The topological polar surface area (TPSA) is 12.9 Å². The second kappa shape index (κ2) is 5.49. The van der Waals surface area contributed by atoms with Crippen molar-refractivity contribution >= 4 is 55.5 Å². The molecule has 1 heterocycles. The number of rotatable bonds is 1. The van der Waals surface area contributed by atoms with Crippen LogP contribution in [0.1, 0.15) is 5.69 Å². The van der Waals surface area contributed by atoms with Gasteiger partial charge in [-0.2, -0.15) is 0 Å². The van der Waals surface area contributed by atoms with E-state index in [1.807, 2.05) is 12.1 Å². The molecular formula is C6H6Br2IN. The first-order chi connectivity index (χ1) is 4.34. The van der Waals surface area contributed by atoms with Crippen LogP contribution in [0.4, 0.5) is 0 Å². The molecule has 0 atom stereocenters. The van der Waals surface area contributed by atoms with Gasteiger partial charge in [-0.3, -0.25) is 4.98 Å². The molecule has 1 aromatic heterocycles. The zero-order chi connectivity index (χ0) is 6.69. The van der Waals surface area contributed by atoms with Crippen LogP contribution in [0.5, 0.6) is 0 Å². The van der Waals surface area contributed by atoms with E-state index in [0.717, 1.165) is 11.0 Å². The van der Waals surface area contributed by atoms with Gasteiger partial charge in [0.2, 0.25) is 0 Å². The van der Waals surface area contributed by atoms with Crippen molar-refractivity contribution in [3.05, 3.63) is 27.6 Å². The maximum Gasteiger partial charge on any atom is 0.0642 e. The second-order valence-corrected chi connectivity index (χ2v) is 3.29. The van der Waals surface area contributed by atoms with Gasteiger partial charge in [0.25, 0.3) is 0 Å². The Morgan fingerprint density at radius 2 is 2.30 bits per heavy atom. The predicted molar refractivity (Wildman–Crippen MR) is 59.9 cm³/mol. The minimum absolute atomic E-state index is 0. The van der Waals surface area contributed by atoms with E-state index in [1.165, 1.54) is 3.57 Å². The van der Waals surface area contributed by atoms with Crippen LogP contribution in [0.25, 0.3) is 0 Å². The number of hydrogen-bond donors (Lipinski definition) is 0. The summed E-state index contributed by atoms with van der Waals surface area (Å²) in [4.78, 5) is 4.14. The Bertz CT molecular complexity index is 205. The Morgan fingerprint density at radius 1 is 1.60 bits per heavy atom. The van der Waals surface area contributed by atoms with E-state index in [0.29, 0.717) is 0 Å². The van der Waals surface area contributed by atoms with E-state index in [2.05, 4.69) is 43.5 Å². The molecule has 1 rings (SSSR count). The molecule has 0 amide bonds. The fourth-order valence-electron chi connectivity index (χ4n) is 0.517. The van der Waals surface area contributed by atoms with Crippen LogP contribution in [0, 0.1) is 3.57 Å². The predicted octanol–water partition coefficient (Wildman–Crippen LogP) is 3.16. The third-order valence-corrected chi connectivity index (χ3v) is 2.47. The van der Waals surface area contributed by atoms with E-state index < -0.39 is 0 Å². The first kappa shape index (κ1) is 10.8. The van der Waals surface area contributed by atoms with Crippen molar-refractivity contribution < 1.29 is 0 Å². The summed E-state index contributed by atoms with van der Waals surface area (Å²) in [5.41, 5.74) is 1.11. The van der Waals surface area contributed by atoms with Gasteiger partial charge in [-0.15, -0.1) is 17.0 Å². The molecule has 0 saturated heterocycles. The summed E-state index contributed by atoms with van der Waals surface area (Å²) < 4.78 is 1.21. The molecule has 0 aliphatic rings. The molecule has 1 aromatic rings. The van der Waals surface area contributed by atoms with Crippen LogP contribution in [-0.4, -0.2) is 4.98 Å². The van der Waals surface area contributed by atoms with Gasteiger partial charge in [0.05, 0.1) is 5.69 Å². The van der Waals surface area contributed by atoms with Gasteiger partial charge < -0.3 is 0 Å². The number of hydrogen-bond acceptors (Lipinski definition) is 1. The van der Waals surface area contributed by atoms with Crippen molar-refractivity contribution in [2.24, 2.45) is 0 Å². The van der Waals surface area contributed by atoms with Gasteiger partial charge in [0.1, 0.15) is 0 Å². The Hall–Kier alpha value is 0.840. The molecule has 0 aliphatic carbocycles. The van der Waals surface area contributed by atoms with Gasteiger partial charge in [0, 0.05) is 15.1 Å². The van der Waals surface area contributed by atoms with Gasteiger partial charge in [-0.1, -0.05) is 15.9 Å². The van der Waals surface area contributed by atoms with Gasteiger partial charge >= 0.3 is 0 Å². The highest BCUT2D eigenvalue weighted by Gasteiger charge is 1.94. The van der Waals surface area contributed by atoms with Gasteiger partial charge in [0.15, 0.2) is 0 Å². The summed E-state index contributed by atoms with van der Waals surface area (Å²) in [5.74, 6) is 0. The molecule has 0 unspecified atom stereocenters. The van der Waals surface area contributed by atoms with Crippen molar-refractivity contribution in [1.82, 2.24) is 4.98 Å². The lowest BCUT2D eigenvalue weighted by atomic mass is 10.4. The normalized spacial score (nSPS) is 8.60. The van der Waals surface area contributed by atoms with Crippen molar-refractivity contribution in [2.45, 2.75) is 5.33 Å². The molecule has 0 spiro atoms. The Morgan fingerprint density at radius 3 is 2.70 bits per heavy atom. The van der Waals surface area contributed by atoms with E-state index in [4.69, 9.17) is 0 Å². The SMILES string of the molecule is Br.BrCc1ncccc1I. The summed E-state index contributed by atoms with van der Waals surface area (Å²) in [5, 5.41) is 0.839. The summed E-state index contributed by atoms with van der Waals surface area (Å²) in [6.45, 7) is 0. The summed E-state index contributed by atoms with van der Waals surface area (Å²) in [6, 6.07) is 3.98. The maximum atomic E-state index is 4.14. The summed E-state index contributed by atoms with van der Waals surface area (Å²) >= 11 is 5.61. The van der Waals surface area contributed by atoms with Crippen LogP contribution >= 0.6 is 55.5 Å². The molecule has 0 saturated carbocycles. The average molecular weight is 379 g/mol. The molecular weight excluding hydrogens is 373 g/mol. The van der Waals surface area contributed by atoms with E-state index >= 15 is 0 Å². The average Bonchev–Trinajstić information content (AvgIpc) is 1.89. The molecule has 56 valence electrons. The molecule has 1 nitrogen and oxygen atoms in total. The van der Waals surface area contributed by atoms with E-state index in [-0.39, 0.29) is 17.0 Å². The highest BCUT2D eigenvalue weighted by Crippen LogP contribution is 2.10. The highest BCUT2D eigenvalue weighted by atomic mass is 127. The van der Waals surface area contributed by atoms with Crippen molar-refractivity contribution in [1.29, 1.82) is 0 Å². The first-order valence-corrected chi connectivity index (χ1v) is 4.70. The lowest BCUT2D eigenvalue weighted by molar-refractivity contribution is 1.16. The zero-order valence-electron chi connectivity index (χ0n) is 5.05. The maximum absolute atomic E-state index is 4.14. The van der Waals surface area contributed by atoms with Crippen LogP contribution in [0.3, 0.4) is 0 Å². The third-order valence-electron chi connectivity index (χ3n) is 0.961. The Balaban J connectivity index is 0.000000810. The van der Waals surface area contributed by atoms with E-state index in [1.54, 1.807) is 6.20 Å². The van der Waals surface area contributed by atoms with Crippen molar-refractivity contribution in [3.8, 4) is 0 Å². The molecule has 10 heavy (non-hydrogen) atoms. The third kappa shape index (κ3) is 2.84. The number of pyridine rings is 1. The lowest BCUT2D eigenvalue weighted by Crippen LogP contribution is -1.86. The van der Waals surface area contributed by atoms with Crippen molar-refractivity contribution in [2.75, 3.05) is 0 Å². The smallest absolute Gasteiger partial charge is 0.0642 e. The molecule has 4 heteroatoms. The molecule has 0 bridgehead atoms. The number of halogens is 3. The highest BCUT2D eigenvalue weighted by molar-refractivity contribution is 14.1. The molecule has 0 aliphatic heterocycles. The van der Waals surface area contributed by atoms with Crippen LogP contribution in [-0.2, 0) is 5.33 Å². The minimum Gasteiger partial charge on any atom is -0.259 e. The first-order valence-electron chi connectivity index (χ1n) is 2.50. The number of nitrogens with zero attached hydrogens (tertiary/aromatic N) is 1. The number of alkyl halides is 1. The fraction of sp³-hybridized carbons (Fsp3) is 0.167. The van der Waals surface area contributed by atoms with Crippen LogP contribution in [0.15, 0.2) is 18.3 Å². The Kier molecular flexibility index (Phi) is 5.95. The van der Waals surface area contributed by atoms with Crippen LogP contribution in [0.2, 0.25) is 0 Å². The van der Waals surface area contributed by atoms with E-state index in [9.17, 15) is 0 Å². The minimum atomic E-state index is 0. The number of aromatic nitrogens is 1. The van der Waals surface area contributed by atoms with Crippen molar-refractivity contribution in [3.63, 3.8) is 0 Å². The fourth-order valence-corrected chi connectivity index (χ4v) is 2.03. The largest absolute Gasteiger partial charge is 0.259 e. The second-order valence-electron chi connectivity index (χ2n) is 1.57. The quantitative estimate of drug-likeness (QED) is 0.540.